The van der Waals surface area contributed by atoms with Gasteiger partial charge in [0, 0.05) is 17.3 Å². The van der Waals surface area contributed by atoms with Crippen LogP contribution in [0.3, 0.4) is 0 Å². The van der Waals surface area contributed by atoms with Crippen LogP contribution in [-0.2, 0) is 9.84 Å². The van der Waals surface area contributed by atoms with E-state index in [1.165, 1.54) is 6.26 Å². The molecule has 1 unspecified atom stereocenters. The number of rotatable bonds is 5. The minimum atomic E-state index is -3.10. The predicted octanol–water partition coefficient (Wildman–Crippen LogP) is 3.87. The molecule has 3 nitrogen and oxygen atoms in total. The van der Waals surface area contributed by atoms with Crippen LogP contribution in [-0.4, -0.2) is 27.0 Å². The van der Waals surface area contributed by atoms with Crippen molar-refractivity contribution in [3.63, 3.8) is 0 Å². The van der Waals surface area contributed by atoms with Crippen molar-refractivity contribution in [2.45, 2.75) is 11.8 Å². The van der Waals surface area contributed by atoms with Crippen LogP contribution >= 0.6 is 39.1 Å². The fourth-order valence-electron chi connectivity index (χ4n) is 1.41. The van der Waals surface area contributed by atoms with Gasteiger partial charge in [-0.05, 0) is 18.6 Å². The van der Waals surface area contributed by atoms with Gasteiger partial charge in [-0.3, -0.25) is 0 Å². The molecule has 0 aliphatic carbocycles. The topological polar surface area (TPSA) is 43.4 Å². The first-order valence-corrected chi connectivity index (χ1v) is 8.91. The summed E-state index contributed by atoms with van der Waals surface area (Å²) in [6.07, 6.45) is 1.17. The molecule has 0 aliphatic rings. The molecule has 0 amide bonds. The molecule has 7 heteroatoms. The van der Waals surface area contributed by atoms with Gasteiger partial charge >= 0.3 is 0 Å². The Bertz CT molecular complexity index is 531. The zero-order chi connectivity index (χ0) is 13.9. The summed E-state index contributed by atoms with van der Waals surface area (Å²) in [6.45, 7) is 2.32. The largest absolute Gasteiger partial charge is 0.492 e. The standard InChI is InChI=1S/C11H13BrCl2O3S/c1-3-17-11-5-9(13)7(4-10(11)14)8(12)6-18(2,15)16/h4-5,8H,3,6H2,1-2H3. The van der Waals surface area contributed by atoms with E-state index >= 15 is 0 Å². The van der Waals surface area contributed by atoms with Gasteiger partial charge in [0.2, 0.25) is 0 Å². The zero-order valence-corrected chi connectivity index (χ0v) is 13.8. The Morgan fingerprint density at radius 3 is 2.44 bits per heavy atom. The first kappa shape index (κ1) is 16.1. The van der Waals surface area contributed by atoms with Crippen LogP contribution < -0.4 is 4.74 Å². The van der Waals surface area contributed by atoms with Crippen molar-refractivity contribution >= 4 is 49.0 Å². The molecular formula is C11H13BrCl2O3S. The normalized spacial score (nSPS) is 13.4. The van der Waals surface area contributed by atoms with Gasteiger partial charge in [-0.25, -0.2) is 8.42 Å². The molecule has 102 valence electrons. The van der Waals surface area contributed by atoms with Crippen LogP contribution in [0.25, 0.3) is 0 Å². The highest BCUT2D eigenvalue weighted by Gasteiger charge is 2.19. The van der Waals surface area contributed by atoms with E-state index in [0.717, 1.165) is 0 Å². The van der Waals surface area contributed by atoms with E-state index in [-0.39, 0.29) is 5.75 Å². The van der Waals surface area contributed by atoms with Crippen LogP contribution in [0.4, 0.5) is 0 Å². The Morgan fingerprint density at radius 1 is 1.33 bits per heavy atom. The molecule has 0 fully saturated rings. The Balaban J connectivity index is 3.07. The monoisotopic (exact) mass is 374 g/mol. The maximum absolute atomic E-state index is 11.2. The van der Waals surface area contributed by atoms with Gasteiger partial charge in [0.25, 0.3) is 0 Å². The molecule has 0 N–H and O–H groups in total. The van der Waals surface area contributed by atoms with E-state index in [4.69, 9.17) is 27.9 Å². The van der Waals surface area contributed by atoms with E-state index in [9.17, 15) is 8.42 Å². The summed E-state index contributed by atoms with van der Waals surface area (Å²) < 4.78 is 27.8. The average molecular weight is 376 g/mol. The first-order chi connectivity index (χ1) is 8.24. The summed E-state index contributed by atoms with van der Waals surface area (Å²) in [5.41, 5.74) is 0.635. The number of halogens is 3. The molecule has 0 aliphatic heterocycles. The second-order valence-electron chi connectivity index (χ2n) is 3.80. The van der Waals surface area contributed by atoms with Crippen LogP contribution in [0, 0.1) is 0 Å². The van der Waals surface area contributed by atoms with Crippen molar-refractivity contribution in [1.29, 1.82) is 0 Å². The van der Waals surface area contributed by atoms with Crippen molar-refractivity contribution in [1.82, 2.24) is 0 Å². The smallest absolute Gasteiger partial charge is 0.148 e. The summed E-state index contributed by atoms with van der Waals surface area (Å²) >= 11 is 15.4. The summed E-state index contributed by atoms with van der Waals surface area (Å²) in [4.78, 5) is -0.395. The van der Waals surface area contributed by atoms with Crippen molar-refractivity contribution in [3.05, 3.63) is 27.7 Å². The van der Waals surface area contributed by atoms with Crippen LogP contribution in [0.15, 0.2) is 12.1 Å². The van der Waals surface area contributed by atoms with Crippen molar-refractivity contribution in [2.24, 2.45) is 0 Å². The number of benzene rings is 1. The molecule has 0 aromatic heterocycles. The highest BCUT2D eigenvalue weighted by Crippen LogP contribution is 2.37. The minimum Gasteiger partial charge on any atom is -0.492 e. The lowest BCUT2D eigenvalue weighted by Gasteiger charge is -2.14. The SMILES string of the molecule is CCOc1cc(Cl)c(C(Br)CS(C)(=O)=O)cc1Cl. The molecule has 0 heterocycles. The first-order valence-electron chi connectivity index (χ1n) is 5.18. The van der Waals surface area contributed by atoms with Crippen molar-refractivity contribution < 1.29 is 13.2 Å². The highest BCUT2D eigenvalue weighted by molar-refractivity contribution is 9.09. The van der Waals surface area contributed by atoms with Gasteiger partial charge in [-0.1, -0.05) is 39.1 Å². The van der Waals surface area contributed by atoms with Gasteiger partial charge in [0.05, 0.1) is 22.2 Å². The number of ether oxygens (including phenoxy) is 1. The average Bonchev–Trinajstić information content (AvgIpc) is 2.20. The summed E-state index contributed by atoms with van der Waals surface area (Å²) in [7, 11) is -3.10. The lowest BCUT2D eigenvalue weighted by Crippen LogP contribution is -2.09. The fraction of sp³-hybridized carbons (Fsp3) is 0.455. The van der Waals surface area contributed by atoms with E-state index in [2.05, 4.69) is 15.9 Å². The molecular weight excluding hydrogens is 363 g/mol. The van der Waals surface area contributed by atoms with Crippen LogP contribution in [0.1, 0.15) is 17.3 Å². The second-order valence-corrected chi connectivity index (χ2v) is 7.90. The van der Waals surface area contributed by atoms with E-state index < -0.39 is 14.7 Å². The third kappa shape index (κ3) is 4.61. The summed E-state index contributed by atoms with van der Waals surface area (Å²) in [5.74, 6) is 0.448. The Labute approximate surface area is 125 Å². The third-order valence-corrected chi connectivity index (χ3v) is 4.94. The number of sulfone groups is 1. The second kappa shape index (κ2) is 6.46. The predicted molar refractivity (Wildman–Crippen MR) is 79.0 cm³/mol. The number of hydrogen-bond donors (Lipinski definition) is 0. The number of alkyl halides is 1. The quantitative estimate of drug-likeness (QED) is 0.733. The lowest BCUT2D eigenvalue weighted by molar-refractivity contribution is 0.340. The molecule has 1 rings (SSSR count). The maximum Gasteiger partial charge on any atom is 0.148 e. The van der Waals surface area contributed by atoms with Crippen LogP contribution in [0.5, 0.6) is 5.75 Å². The Morgan fingerprint density at radius 2 is 1.94 bits per heavy atom. The lowest BCUT2D eigenvalue weighted by atomic mass is 10.1. The van der Waals surface area contributed by atoms with E-state index in [1.807, 2.05) is 6.92 Å². The maximum atomic E-state index is 11.2. The summed E-state index contributed by atoms with van der Waals surface area (Å²) in [6, 6.07) is 3.22. The van der Waals surface area contributed by atoms with E-state index in [0.29, 0.717) is 28.0 Å². The third-order valence-electron chi connectivity index (χ3n) is 2.14. The van der Waals surface area contributed by atoms with Gasteiger partial charge in [-0.15, -0.1) is 0 Å². The Hall–Kier alpha value is 0.0300. The minimum absolute atomic E-state index is 0.0446. The van der Waals surface area contributed by atoms with Gasteiger partial charge in [0.15, 0.2) is 0 Å². The molecule has 0 radical (unpaired) electrons. The number of hydrogen-bond acceptors (Lipinski definition) is 3. The highest BCUT2D eigenvalue weighted by atomic mass is 79.9. The molecule has 0 bridgehead atoms. The molecule has 1 aromatic carbocycles. The molecule has 1 atom stereocenters. The van der Waals surface area contributed by atoms with E-state index in [1.54, 1.807) is 12.1 Å². The van der Waals surface area contributed by atoms with Gasteiger partial charge in [0.1, 0.15) is 15.6 Å². The molecule has 0 saturated carbocycles. The molecule has 0 spiro atoms. The van der Waals surface area contributed by atoms with Crippen LogP contribution in [0.2, 0.25) is 10.0 Å². The summed E-state index contributed by atoms with van der Waals surface area (Å²) in [5, 5.41) is 0.836. The molecule has 18 heavy (non-hydrogen) atoms. The van der Waals surface area contributed by atoms with Crippen molar-refractivity contribution in [2.75, 3.05) is 18.6 Å². The molecule has 0 saturated heterocycles. The Kier molecular flexibility index (Phi) is 5.77. The van der Waals surface area contributed by atoms with Gasteiger partial charge < -0.3 is 4.74 Å². The fourth-order valence-corrected chi connectivity index (χ4v) is 4.58. The van der Waals surface area contributed by atoms with Gasteiger partial charge in [-0.2, -0.15) is 0 Å². The van der Waals surface area contributed by atoms with Crippen molar-refractivity contribution in [3.8, 4) is 5.75 Å². The molecule has 1 aromatic rings. The zero-order valence-electron chi connectivity index (χ0n) is 9.91.